The topological polar surface area (TPSA) is 38.7 Å². The number of hydrogen-bond donors (Lipinski definition) is 0. The summed E-state index contributed by atoms with van der Waals surface area (Å²) in [4.78, 5) is 15.2. The Bertz CT molecular complexity index is 3150. The number of thiophene rings is 3. The fraction of sp³-hybridized carbons (Fsp3) is 0. The minimum Gasteiger partial charge on any atom is -0.208 e. The molecule has 238 valence electrons. The van der Waals surface area contributed by atoms with E-state index in [0.717, 1.165) is 16.7 Å². The second kappa shape index (κ2) is 11.4. The van der Waals surface area contributed by atoms with Gasteiger partial charge in [0.1, 0.15) is 0 Å². The van der Waals surface area contributed by atoms with Gasteiger partial charge >= 0.3 is 0 Å². The maximum absolute atomic E-state index is 5.14. The van der Waals surface area contributed by atoms with Gasteiger partial charge in [-0.2, -0.15) is 0 Å². The summed E-state index contributed by atoms with van der Waals surface area (Å²) in [6, 6.07) is 54.2. The fourth-order valence-electron chi connectivity index (χ4n) is 7.36. The van der Waals surface area contributed by atoms with Crippen molar-refractivity contribution in [3.05, 3.63) is 152 Å². The van der Waals surface area contributed by atoms with Crippen molar-refractivity contribution >= 4 is 94.5 Å². The fourth-order valence-corrected chi connectivity index (χ4v) is 10.9. The van der Waals surface area contributed by atoms with E-state index in [0.29, 0.717) is 17.5 Å². The molecule has 0 spiro atoms. The molecule has 0 aliphatic heterocycles. The molecule has 0 amide bonds. The van der Waals surface area contributed by atoms with Gasteiger partial charge in [-0.25, -0.2) is 15.0 Å². The minimum absolute atomic E-state index is 0.668. The van der Waals surface area contributed by atoms with Crippen molar-refractivity contribution in [3.8, 4) is 45.3 Å². The van der Waals surface area contributed by atoms with E-state index >= 15 is 0 Å². The van der Waals surface area contributed by atoms with E-state index in [9.17, 15) is 0 Å². The number of hydrogen-bond acceptors (Lipinski definition) is 6. The maximum Gasteiger partial charge on any atom is 0.164 e. The van der Waals surface area contributed by atoms with Crippen LogP contribution in [0.1, 0.15) is 0 Å². The summed E-state index contributed by atoms with van der Waals surface area (Å²) in [6.45, 7) is 0. The van der Waals surface area contributed by atoms with E-state index in [2.05, 4.69) is 133 Å². The molecule has 0 aliphatic rings. The molecule has 0 saturated heterocycles. The van der Waals surface area contributed by atoms with Crippen molar-refractivity contribution < 1.29 is 0 Å². The van der Waals surface area contributed by atoms with Crippen molar-refractivity contribution in [2.75, 3.05) is 0 Å². The molecule has 0 saturated carbocycles. The van der Waals surface area contributed by atoms with Crippen LogP contribution in [0.4, 0.5) is 0 Å². The van der Waals surface area contributed by atoms with E-state index in [4.69, 9.17) is 15.0 Å². The number of nitrogens with zero attached hydrogens (tertiary/aromatic N) is 3. The van der Waals surface area contributed by atoms with Gasteiger partial charge in [0.25, 0.3) is 0 Å². The molecule has 0 fully saturated rings. The van der Waals surface area contributed by atoms with Gasteiger partial charge in [-0.1, -0.05) is 109 Å². The monoisotopic (exact) mass is 703 g/mol. The SMILES string of the molecule is c1ccc(-c2nc(-c3ccc4c(c3)sc3cccc(-c5cccc6c5sc5ccccc56)c34)nc(-c3ccc4sc5ccccc5c4c3)n2)cc1. The molecule has 4 heterocycles. The lowest BCUT2D eigenvalue weighted by Crippen LogP contribution is -2.00. The number of benzene rings is 7. The van der Waals surface area contributed by atoms with Gasteiger partial charge in [0, 0.05) is 82.8 Å². The van der Waals surface area contributed by atoms with Gasteiger partial charge < -0.3 is 0 Å². The third kappa shape index (κ3) is 4.65. The average molecular weight is 704 g/mol. The molecule has 0 bridgehead atoms. The molecule has 11 rings (SSSR count). The molecular formula is C45H25N3S3. The first-order chi connectivity index (χ1) is 25.2. The molecule has 0 radical (unpaired) electrons. The van der Waals surface area contributed by atoms with Gasteiger partial charge in [0.15, 0.2) is 17.5 Å². The zero-order chi connectivity index (χ0) is 33.5. The van der Waals surface area contributed by atoms with Gasteiger partial charge in [-0.15, -0.1) is 34.0 Å². The molecule has 0 aliphatic carbocycles. The highest BCUT2D eigenvalue weighted by Gasteiger charge is 2.18. The molecule has 7 aromatic carbocycles. The third-order valence-electron chi connectivity index (χ3n) is 9.75. The van der Waals surface area contributed by atoms with Crippen molar-refractivity contribution in [3.63, 3.8) is 0 Å². The zero-order valence-electron chi connectivity index (χ0n) is 27.0. The Morgan fingerprint density at radius 2 is 0.882 bits per heavy atom. The van der Waals surface area contributed by atoms with Crippen LogP contribution in [0.3, 0.4) is 0 Å². The van der Waals surface area contributed by atoms with Crippen LogP contribution in [-0.2, 0) is 0 Å². The second-order valence-electron chi connectivity index (χ2n) is 12.8. The first kappa shape index (κ1) is 29.0. The second-order valence-corrected chi connectivity index (χ2v) is 16.0. The minimum atomic E-state index is 0.668. The summed E-state index contributed by atoms with van der Waals surface area (Å²) in [5.41, 5.74) is 5.48. The zero-order valence-corrected chi connectivity index (χ0v) is 29.4. The van der Waals surface area contributed by atoms with E-state index in [1.807, 2.05) is 52.2 Å². The molecule has 0 N–H and O–H groups in total. The van der Waals surface area contributed by atoms with Crippen molar-refractivity contribution in [2.24, 2.45) is 0 Å². The van der Waals surface area contributed by atoms with E-state index in [-0.39, 0.29) is 0 Å². The van der Waals surface area contributed by atoms with Crippen LogP contribution in [0.15, 0.2) is 152 Å². The maximum atomic E-state index is 5.14. The number of rotatable bonds is 4. The van der Waals surface area contributed by atoms with Crippen LogP contribution in [0.2, 0.25) is 0 Å². The summed E-state index contributed by atoms with van der Waals surface area (Å²) < 4.78 is 7.69. The van der Waals surface area contributed by atoms with E-state index < -0.39 is 0 Å². The van der Waals surface area contributed by atoms with Gasteiger partial charge in [-0.05, 0) is 48.0 Å². The lowest BCUT2D eigenvalue weighted by molar-refractivity contribution is 1.08. The van der Waals surface area contributed by atoms with E-state index in [1.54, 1.807) is 0 Å². The van der Waals surface area contributed by atoms with Crippen LogP contribution >= 0.6 is 34.0 Å². The lowest BCUT2D eigenvalue weighted by atomic mass is 9.97. The largest absolute Gasteiger partial charge is 0.208 e. The quantitative estimate of drug-likeness (QED) is 0.183. The summed E-state index contributed by atoms with van der Waals surface area (Å²) in [6.07, 6.45) is 0. The highest BCUT2D eigenvalue weighted by Crippen LogP contribution is 2.46. The van der Waals surface area contributed by atoms with Gasteiger partial charge in [0.05, 0.1) is 0 Å². The molecule has 51 heavy (non-hydrogen) atoms. The van der Waals surface area contributed by atoms with Crippen molar-refractivity contribution in [2.45, 2.75) is 0 Å². The van der Waals surface area contributed by atoms with E-state index in [1.165, 1.54) is 71.6 Å². The lowest BCUT2D eigenvalue weighted by Gasteiger charge is -2.09. The Labute approximate surface area is 304 Å². The molecule has 3 nitrogen and oxygen atoms in total. The van der Waals surface area contributed by atoms with Crippen molar-refractivity contribution in [1.29, 1.82) is 0 Å². The Kier molecular flexibility index (Phi) is 6.46. The average Bonchev–Trinajstić information content (AvgIpc) is 3.88. The summed E-state index contributed by atoms with van der Waals surface area (Å²) in [5.74, 6) is 2.01. The molecular weight excluding hydrogens is 679 g/mol. The number of fused-ring (bicyclic) bond motifs is 9. The van der Waals surface area contributed by atoms with Gasteiger partial charge in [-0.3, -0.25) is 0 Å². The molecule has 4 aromatic heterocycles. The third-order valence-corrected chi connectivity index (χ3v) is 13.2. The molecule has 0 atom stereocenters. The first-order valence-electron chi connectivity index (χ1n) is 16.8. The smallest absolute Gasteiger partial charge is 0.164 e. The van der Waals surface area contributed by atoms with Crippen LogP contribution in [-0.4, -0.2) is 15.0 Å². The normalized spacial score (nSPS) is 11.9. The molecule has 6 heteroatoms. The molecule has 11 aromatic rings. The predicted octanol–water partition coefficient (Wildman–Crippen LogP) is 13.6. The van der Waals surface area contributed by atoms with Gasteiger partial charge in [0.2, 0.25) is 0 Å². The predicted molar refractivity (Wildman–Crippen MR) is 220 cm³/mol. The summed E-state index contributed by atoms with van der Waals surface area (Å²) in [5, 5.41) is 7.67. The Balaban J connectivity index is 1.08. The van der Waals surface area contributed by atoms with Crippen LogP contribution in [0, 0.1) is 0 Å². The highest BCUT2D eigenvalue weighted by atomic mass is 32.1. The number of aromatic nitrogens is 3. The Morgan fingerprint density at radius 1 is 0.314 bits per heavy atom. The summed E-state index contributed by atoms with van der Waals surface area (Å²) in [7, 11) is 0. The van der Waals surface area contributed by atoms with Crippen molar-refractivity contribution in [1.82, 2.24) is 15.0 Å². The standard InChI is InChI=1S/C45H25N3S3/c1-2-10-26(11-3-1)43-46-44(27-21-23-38-35(24-27)30-13-5-6-17-36(30)49-38)48-45(47-43)28-20-22-34-40(25-28)50-39-19-9-14-31(41(34)39)33-16-8-15-32-29-12-4-7-18-37(29)51-42(32)33/h1-25H. The van der Waals surface area contributed by atoms with Crippen LogP contribution < -0.4 is 0 Å². The Morgan fingerprint density at radius 3 is 1.71 bits per heavy atom. The first-order valence-corrected chi connectivity index (χ1v) is 19.3. The summed E-state index contributed by atoms with van der Waals surface area (Å²) >= 11 is 5.53. The highest BCUT2D eigenvalue weighted by molar-refractivity contribution is 7.27. The van der Waals surface area contributed by atoms with Crippen LogP contribution in [0.25, 0.3) is 106 Å². The van der Waals surface area contributed by atoms with Crippen LogP contribution in [0.5, 0.6) is 0 Å². The Hall–Kier alpha value is -5.79. The molecule has 0 unspecified atom stereocenters.